The summed E-state index contributed by atoms with van der Waals surface area (Å²) in [5.41, 5.74) is 1.37. The molecule has 28 heavy (non-hydrogen) atoms. The van der Waals surface area contributed by atoms with E-state index in [-0.39, 0.29) is 35.2 Å². The van der Waals surface area contributed by atoms with Gasteiger partial charge in [-0.05, 0) is 55.0 Å². The van der Waals surface area contributed by atoms with E-state index in [0.29, 0.717) is 15.8 Å². The number of hydrogen-bond donors (Lipinski definition) is 1. The summed E-state index contributed by atoms with van der Waals surface area (Å²) in [5, 5.41) is 5.28. The molecular weight excluding hydrogens is 423 g/mol. The normalized spacial score (nSPS) is 11.4. The number of thiazole rings is 1. The smallest absolute Gasteiger partial charge is 0.226 e. The molecule has 1 N–H and O–H groups in total. The second-order valence-corrected chi connectivity index (χ2v) is 9.37. The van der Waals surface area contributed by atoms with Crippen LogP contribution in [0, 0.1) is 5.82 Å². The maximum Gasteiger partial charge on any atom is 0.226 e. The summed E-state index contributed by atoms with van der Waals surface area (Å²) in [6, 6.07) is 11.8. The molecule has 3 aromatic rings. The number of amides is 1. The Labute approximate surface area is 171 Å². The fourth-order valence-electron chi connectivity index (χ4n) is 2.45. The number of hydrogen-bond acceptors (Lipinski definition) is 5. The van der Waals surface area contributed by atoms with E-state index in [1.54, 1.807) is 17.5 Å². The second-order valence-electron chi connectivity index (χ2n) is 5.97. The van der Waals surface area contributed by atoms with Crippen LogP contribution in [0.3, 0.4) is 0 Å². The van der Waals surface area contributed by atoms with Crippen molar-refractivity contribution in [2.45, 2.75) is 17.7 Å². The molecule has 1 amide bonds. The van der Waals surface area contributed by atoms with Gasteiger partial charge in [0, 0.05) is 22.4 Å². The Hall–Kier alpha value is -2.29. The maximum absolute atomic E-state index is 13.0. The molecule has 1 heterocycles. The van der Waals surface area contributed by atoms with Crippen molar-refractivity contribution >= 4 is 43.8 Å². The number of carbonyl (C=O) groups excluding carboxylic acids is 1. The third-order valence-electron chi connectivity index (χ3n) is 3.88. The molecule has 9 heteroatoms. The maximum atomic E-state index is 13.0. The minimum atomic E-state index is -3.46. The number of rotatable bonds is 7. The van der Waals surface area contributed by atoms with Crippen molar-refractivity contribution in [2.75, 3.05) is 11.1 Å². The molecule has 0 aliphatic rings. The Morgan fingerprint density at radius 2 is 1.79 bits per heavy atom. The number of sulfone groups is 1. The highest BCUT2D eigenvalue weighted by atomic mass is 35.5. The van der Waals surface area contributed by atoms with Gasteiger partial charge in [-0.15, -0.1) is 11.3 Å². The Kier molecular flexibility index (Phi) is 6.43. The number of nitrogens with zero attached hydrogens (tertiary/aromatic N) is 1. The van der Waals surface area contributed by atoms with Gasteiger partial charge in [0.05, 0.1) is 16.3 Å². The van der Waals surface area contributed by atoms with Crippen molar-refractivity contribution < 1.29 is 17.6 Å². The van der Waals surface area contributed by atoms with E-state index in [0.717, 1.165) is 5.56 Å². The topological polar surface area (TPSA) is 76.1 Å². The predicted octanol–water partition coefficient (Wildman–Crippen LogP) is 4.80. The lowest BCUT2D eigenvalue weighted by Gasteiger charge is -2.05. The largest absolute Gasteiger partial charge is 0.302 e. The first-order valence-electron chi connectivity index (χ1n) is 8.33. The SMILES string of the molecule is O=C(CCCS(=O)(=O)c1ccc(Cl)cc1)Nc1nc(-c2ccc(F)cc2)cs1. The Balaban J connectivity index is 1.52. The number of halogens is 2. The molecule has 1 aromatic heterocycles. The van der Waals surface area contributed by atoms with Crippen LogP contribution in [-0.2, 0) is 14.6 Å². The third-order valence-corrected chi connectivity index (χ3v) is 6.71. The Morgan fingerprint density at radius 1 is 1.11 bits per heavy atom. The van der Waals surface area contributed by atoms with Gasteiger partial charge >= 0.3 is 0 Å². The number of anilines is 1. The Bertz CT molecular complexity index is 1070. The van der Waals surface area contributed by atoms with Crippen molar-refractivity contribution in [3.63, 3.8) is 0 Å². The van der Waals surface area contributed by atoms with Gasteiger partial charge in [-0.1, -0.05) is 11.6 Å². The highest BCUT2D eigenvalue weighted by molar-refractivity contribution is 7.91. The highest BCUT2D eigenvalue weighted by Crippen LogP contribution is 2.25. The molecule has 0 spiro atoms. The summed E-state index contributed by atoms with van der Waals surface area (Å²) < 4.78 is 37.5. The standard InChI is InChI=1S/C19H16ClFN2O3S2/c20-14-5-9-16(10-6-14)28(25,26)11-1-2-18(24)23-19-22-17(12-27-19)13-3-7-15(21)8-4-13/h3-10,12H,1-2,11H2,(H,22,23,24). The average molecular weight is 439 g/mol. The van der Waals surface area contributed by atoms with Crippen LogP contribution in [0.25, 0.3) is 11.3 Å². The molecular formula is C19H16ClFN2O3S2. The Morgan fingerprint density at radius 3 is 2.46 bits per heavy atom. The van der Waals surface area contributed by atoms with Gasteiger partial charge in [0.2, 0.25) is 5.91 Å². The van der Waals surface area contributed by atoms with Gasteiger partial charge in [0.25, 0.3) is 0 Å². The predicted molar refractivity (Wildman–Crippen MR) is 109 cm³/mol. The van der Waals surface area contributed by atoms with Crippen molar-refractivity contribution in [1.29, 1.82) is 0 Å². The van der Waals surface area contributed by atoms with Crippen LogP contribution in [0.2, 0.25) is 5.02 Å². The fourth-order valence-corrected chi connectivity index (χ4v) is 4.62. The van der Waals surface area contributed by atoms with E-state index in [2.05, 4.69) is 10.3 Å². The molecule has 0 aliphatic carbocycles. The van der Waals surface area contributed by atoms with Gasteiger partial charge < -0.3 is 5.32 Å². The molecule has 0 radical (unpaired) electrons. The zero-order valence-electron chi connectivity index (χ0n) is 14.6. The zero-order valence-corrected chi connectivity index (χ0v) is 17.0. The monoisotopic (exact) mass is 438 g/mol. The van der Waals surface area contributed by atoms with Gasteiger partial charge in [-0.25, -0.2) is 17.8 Å². The minimum absolute atomic E-state index is 0.0539. The van der Waals surface area contributed by atoms with Gasteiger partial charge in [-0.3, -0.25) is 4.79 Å². The summed E-state index contributed by atoms with van der Waals surface area (Å²) in [6.07, 6.45) is 0.241. The van der Waals surface area contributed by atoms with E-state index in [9.17, 15) is 17.6 Å². The molecule has 2 aromatic carbocycles. The van der Waals surface area contributed by atoms with Crippen LogP contribution in [0.15, 0.2) is 58.8 Å². The van der Waals surface area contributed by atoms with Crippen LogP contribution in [-0.4, -0.2) is 25.1 Å². The average Bonchev–Trinajstić information content (AvgIpc) is 3.11. The lowest BCUT2D eigenvalue weighted by molar-refractivity contribution is -0.116. The van der Waals surface area contributed by atoms with E-state index in [1.165, 1.54) is 47.7 Å². The van der Waals surface area contributed by atoms with Gasteiger partial charge in [-0.2, -0.15) is 0 Å². The first-order valence-corrected chi connectivity index (χ1v) is 11.2. The number of nitrogens with one attached hydrogen (secondary N) is 1. The van der Waals surface area contributed by atoms with Crippen LogP contribution in [0.1, 0.15) is 12.8 Å². The molecule has 5 nitrogen and oxygen atoms in total. The summed E-state index contributed by atoms with van der Waals surface area (Å²) >= 11 is 7.01. The van der Waals surface area contributed by atoms with Crippen molar-refractivity contribution in [2.24, 2.45) is 0 Å². The molecule has 146 valence electrons. The quantitative estimate of drug-likeness (QED) is 0.575. The van der Waals surface area contributed by atoms with Crippen LogP contribution < -0.4 is 5.32 Å². The van der Waals surface area contributed by atoms with Crippen LogP contribution in [0.5, 0.6) is 0 Å². The van der Waals surface area contributed by atoms with Crippen molar-refractivity contribution in [1.82, 2.24) is 4.98 Å². The first-order chi connectivity index (χ1) is 13.3. The van der Waals surface area contributed by atoms with Gasteiger partial charge in [0.1, 0.15) is 5.82 Å². The number of benzene rings is 2. The number of aromatic nitrogens is 1. The van der Waals surface area contributed by atoms with E-state index in [1.807, 2.05) is 0 Å². The van der Waals surface area contributed by atoms with E-state index < -0.39 is 9.84 Å². The van der Waals surface area contributed by atoms with Crippen LogP contribution in [0.4, 0.5) is 9.52 Å². The lowest BCUT2D eigenvalue weighted by Crippen LogP contribution is -2.14. The molecule has 0 fully saturated rings. The summed E-state index contributed by atoms with van der Waals surface area (Å²) in [7, 11) is -3.46. The molecule has 0 aliphatic heterocycles. The second kappa shape index (κ2) is 8.81. The summed E-state index contributed by atoms with van der Waals surface area (Å²) in [6.45, 7) is 0. The molecule has 0 saturated heterocycles. The lowest BCUT2D eigenvalue weighted by atomic mass is 10.2. The minimum Gasteiger partial charge on any atom is -0.302 e. The zero-order chi connectivity index (χ0) is 20.1. The summed E-state index contributed by atoms with van der Waals surface area (Å²) in [5.74, 6) is -0.784. The fraction of sp³-hybridized carbons (Fsp3) is 0.158. The highest BCUT2D eigenvalue weighted by Gasteiger charge is 2.15. The molecule has 3 rings (SSSR count). The van der Waals surface area contributed by atoms with Crippen molar-refractivity contribution in [3.8, 4) is 11.3 Å². The molecule has 0 unspecified atom stereocenters. The van der Waals surface area contributed by atoms with Crippen molar-refractivity contribution in [3.05, 3.63) is 64.8 Å². The third kappa shape index (κ3) is 5.37. The summed E-state index contributed by atoms with van der Waals surface area (Å²) in [4.78, 5) is 16.5. The first kappa shape index (κ1) is 20.4. The van der Waals surface area contributed by atoms with Gasteiger partial charge in [0.15, 0.2) is 15.0 Å². The molecule has 0 bridgehead atoms. The number of carbonyl (C=O) groups is 1. The molecule has 0 atom stereocenters. The molecule has 0 saturated carbocycles. The van der Waals surface area contributed by atoms with E-state index >= 15 is 0 Å². The van der Waals surface area contributed by atoms with Crippen LogP contribution >= 0.6 is 22.9 Å². The van der Waals surface area contributed by atoms with E-state index in [4.69, 9.17) is 11.6 Å².